The van der Waals surface area contributed by atoms with E-state index in [4.69, 9.17) is 9.94 Å². The molecule has 5 nitrogen and oxygen atoms in total. The molecule has 0 aliphatic rings. The molecule has 0 aliphatic carbocycles. The van der Waals surface area contributed by atoms with Gasteiger partial charge < -0.3 is 9.94 Å². The van der Waals surface area contributed by atoms with Crippen LogP contribution in [0.5, 0.6) is 5.75 Å². The third-order valence-corrected chi connectivity index (χ3v) is 2.78. The predicted molar refractivity (Wildman–Crippen MR) is 66.7 cm³/mol. The van der Waals surface area contributed by atoms with Crippen molar-refractivity contribution in [3.05, 3.63) is 48.0 Å². The number of hydrogen-bond acceptors (Lipinski definition) is 3. The van der Waals surface area contributed by atoms with E-state index in [2.05, 4.69) is 5.16 Å². The van der Waals surface area contributed by atoms with E-state index in [-0.39, 0.29) is 0 Å². The standard InChI is InChI=1S/C13H15N3O2/c1-15-7-8-16(2)13(15)10-18-12-5-3-11(4-6-12)9-14-17/h3-9H,10H2,1-2H3/p+1. The first kappa shape index (κ1) is 12.2. The van der Waals surface area contributed by atoms with Crippen molar-refractivity contribution in [3.8, 4) is 5.75 Å². The number of rotatable bonds is 4. The van der Waals surface area contributed by atoms with Crippen LogP contribution in [0.25, 0.3) is 0 Å². The Morgan fingerprint density at radius 3 is 2.67 bits per heavy atom. The molecule has 0 spiro atoms. The van der Waals surface area contributed by atoms with E-state index < -0.39 is 0 Å². The summed E-state index contributed by atoms with van der Waals surface area (Å²) in [6.45, 7) is 0.507. The van der Waals surface area contributed by atoms with Crippen LogP contribution in [-0.2, 0) is 20.7 Å². The van der Waals surface area contributed by atoms with Crippen molar-refractivity contribution in [1.29, 1.82) is 0 Å². The van der Waals surface area contributed by atoms with Gasteiger partial charge in [-0.2, -0.15) is 0 Å². The Bertz CT molecular complexity index is 524. The average molecular weight is 246 g/mol. The number of aromatic nitrogens is 2. The van der Waals surface area contributed by atoms with Crippen molar-refractivity contribution < 1.29 is 14.5 Å². The Balaban J connectivity index is 2.02. The highest BCUT2D eigenvalue weighted by molar-refractivity contribution is 5.79. The molecular formula is C13H16N3O2+. The van der Waals surface area contributed by atoms with Gasteiger partial charge in [0.05, 0.1) is 20.3 Å². The molecule has 1 aromatic heterocycles. The summed E-state index contributed by atoms with van der Waals surface area (Å²) in [4.78, 5) is 0. The summed E-state index contributed by atoms with van der Waals surface area (Å²) in [7, 11) is 3.97. The maximum absolute atomic E-state index is 8.41. The van der Waals surface area contributed by atoms with Gasteiger partial charge in [-0.05, 0) is 29.8 Å². The number of aryl methyl sites for hydroxylation is 2. The lowest BCUT2D eigenvalue weighted by molar-refractivity contribution is -0.680. The van der Waals surface area contributed by atoms with E-state index in [1.807, 2.05) is 59.9 Å². The molecule has 0 radical (unpaired) electrons. The van der Waals surface area contributed by atoms with Crippen LogP contribution in [0.1, 0.15) is 11.4 Å². The maximum Gasteiger partial charge on any atom is 0.294 e. The minimum atomic E-state index is 0.507. The molecule has 0 aliphatic heterocycles. The summed E-state index contributed by atoms with van der Waals surface area (Å²) in [5.41, 5.74) is 0.828. The zero-order chi connectivity index (χ0) is 13.0. The molecule has 1 N–H and O–H groups in total. The van der Waals surface area contributed by atoms with Gasteiger partial charge in [0.15, 0.2) is 6.61 Å². The molecule has 0 unspecified atom stereocenters. The Kier molecular flexibility index (Phi) is 3.62. The van der Waals surface area contributed by atoms with Crippen LogP contribution in [0, 0.1) is 0 Å². The van der Waals surface area contributed by atoms with Crippen LogP contribution in [0.4, 0.5) is 0 Å². The normalized spacial score (nSPS) is 11.0. The number of ether oxygens (including phenoxy) is 1. The highest BCUT2D eigenvalue weighted by Gasteiger charge is 2.11. The summed E-state index contributed by atoms with van der Waals surface area (Å²) >= 11 is 0. The van der Waals surface area contributed by atoms with Crippen LogP contribution < -0.4 is 9.30 Å². The van der Waals surface area contributed by atoms with Gasteiger partial charge >= 0.3 is 0 Å². The molecule has 0 amide bonds. The van der Waals surface area contributed by atoms with Crippen molar-refractivity contribution in [3.63, 3.8) is 0 Å². The fraction of sp³-hybridized carbons (Fsp3) is 0.231. The number of oxime groups is 1. The van der Waals surface area contributed by atoms with Crippen molar-refractivity contribution in [2.24, 2.45) is 19.3 Å². The molecule has 94 valence electrons. The summed E-state index contributed by atoms with van der Waals surface area (Å²) < 4.78 is 9.74. The van der Waals surface area contributed by atoms with Gasteiger partial charge in [0.25, 0.3) is 5.82 Å². The molecule has 2 rings (SSSR count). The second-order valence-corrected chi connectivity index (χ2v) is 4.04. The zero-order valence-corrected chi connectivity index (χ0v) is 10.4. The lowest BCUT2D eigenvalue weighted by Crippen LogP contribution is -2.32. The Labute approximate surface area is 106 Å². The van der Waals surface area contributed by atoms with Gasteiger partial charge in [0.2, 0.25) is 0 Å². The Morgan fingerprint density at radius 2 is 2.11 bits per heavy atom. The summed E-state index contributed by atoms with van der Waals surface area (Å²) in [6, 6.07) is 7.36. The number of nitrogens with zero attached hydrogens (tertiary/aromatic N) is 3. The van der Waals surface area contributed by atoms with Crippen molar-refractivity contribution in [2.45, 2.75) is 6.61 Å². The van der Waals surface area contributed by atoms with E-state index in [0.717, 1.165) is 17.1 Å². The first-order valence-corrected chi connectivity index (χ1v) is 5.61. The summed E-state index contributed by atoms with van der Waals surface area (Å²) in [5.74, 6) is 1.86. The number of hydrogen-bond donors (Lipinski definition) is 1. The predicted octanol–water partition coefficient (Wildman–Crippen LogP) is 1.24. The third kappa shape index (κ3) is 2.68. The molecule has 1 aromatic carbocycles. The minimum Gasteiger partial charge on any atom is -0.481 e. The first-order chi connectivity index (χ1) is 8.70. The fourth-order valence-corrected chi connectivity index (χ4v) is 1.69. The fourth-order valence-electron chi connectivity index (χ4n) is 1.69. The Morgan fingerprint density at radius 1 is 1.39 bits per heavy atom. The van der Waals surface area contributed by atoms with Crippen molar-refractivity contribution >= 4 is 6.21 Å². The van der Waals surface area contributed by atoms with Gasteiger partial charge in [0, 0.05) is 0 Å². The quantitative estimate of drug-likeness (QED) is 0.382. The maximum atomic E-state index is 8.41. The van der Waals surface area contributed by atoms with Crippen LogP contribution in [0.2, 0.25) is 0 Å². The molecule has 1 heterocycles. The second kappa shape index (κ2) is 5.35. The Hall–Kier alpha value is -2.30. The molecule has 0 atom stereocenters. The third-order valence-electron chi connectivity index (χ3n) is 2.78. The van der Waals surface area contributed by atoms with Crippen molar-refractivity contribution in [1.82, 2.24) is 4.57 Å². The monoisotopic (exact) mass is 246 g/mol. The molecule has 5 heteroatoms. The molecular weight excluding hydrogens is 230 g/mol. The molecule has 2 aromatic rings. The van der Waals surface area contributed by atoms with Crippen molar-refractivity contribution in [2.75, 3.05) is 0 Å². The van der Waals surface area contributed by atoms with Crippen LogP contribution in [0.15, 0.2) is 41.8 Å². The lowest BCUT2D eigenvalue weighted by atomic mass is 10.2. The minimum absolute atomic E-state index is 0.507. The van der Waals surface area contributed by atoms with Crippen LogP contribution in [-0.4, -0.2) is 16.0 Å². The first-order valence-electron chi connectivity index (χ1n) is 5.61. The van der Waals surface area contributed by atoms with Crippen LogP contribution in [0.3, 0.4) is 0 Å². The van der Waals surface area contributed by atoms with Gasteiger partial charge in [-0.3, -0.25) is 0 Å². The largest absolute Gasteiger partial charge is 0.481 e. The topological polar surface area (TPSA) is 50.6 Å². The zero-order valence-electron chi connectivity index (χ0n) is 10.4. The SMILES string of the molecule is Cn1cc[n+](C)c1COc1ccc(C=NO)cc1. The average Bonchev–Trinajstić information content (AvgIpc) is 2.69. The van der Waals surface area contributed by atoms with Gasteiger partial charge in [-0.25, -0.2) is 9.13 Å². The number of imidazole rings is 1. The highest BCUT2D eigenvalue weighted by atomic mass is 16.5. The van der Waals surface area contributed by atoms with E-state index in [0.29, 0.717) is 6.61 Å². The highest BCUT2D eigenvalue weighted by Crippen LogP contribution is 2.12. The second-order valence-electron chi connectivity index (χ2n) is 4.04. The van der Waals surface area contributed by atoms with Gasteiger partial charge in [-0.15, -0.1) is 0 Å². The summed E-state index contributed by atoms with van der Waals surface area (Å²) in [5, 5.41) is 11.4. The van der Waals surface area contributed by atoms with Gasteiger partial charge in [-0.1, -0.05) is 5.16 Å². The molecule has 0 saturated heterocycles. The van der Waals surface area contributed by atoms with Gasteiger partial charge in [0.1, 0.15) is 18.1 Å². The van der Waals surface area contributed by atoms with E-state index in [1.54, 1.807) is 0 Å². The van der Waals surface area contributed by atoms with Crippen LogP contribution >= 0.6 is 0 Å². The van der Waals surface area contributed by atoms with E-state index in [1.165, 1.54) is 6.21 Å². The molecule has 18 heavy (non-hydrogen) atoms. The number of benzene rings is 1. The molecule has 0 fully saturated rings. The smallest absolute Gasteiger partial charge is 0.294 e. The summed E-state index contributed by atoms with van der Waals surface area (Å²) in [6.07, 6.45) is 5.35. The van der Waals surface area contributed by atoms with E-state index >= 15 is 0 Å². The molecule has 0 bridgehead atoms. The van der Waals surface area contributed by atoms with E-state index in [9.17, 15) is 0 Å². The molecule has 0 saturated carbocycles. The lowest BCUT2D eigenvalue weighted by Gasteiger charge is -2.04.